The van der Waals surface area contributed by atoms with E-state index in [4.69, 9.17) is 9.47 Å². The minimum Gasteiger partial charge on any atom is -0.457 e. The molecule has 1 atom stereocenters. The van der Waals surface area contributed by atoms with Gasteiger partial charge in [-0.05, 0) is 50.6 Å². The van der Waals surface area contributed by atoms with Crippen LogP contribution in [-0.4, -0.2) is 18.0 Å². The molecule has 0 aliphatic carbocycles. The average Bonchev–Trinajstić information content (AvgIpc) is 2.52. The summed E-state index contributed by atoms with van der Waals surface area (Å²) in [6, 6.07) is 15.5. The number of carbonyl (C=O) groups excluding carboxylic acids is 2. The molecule has 1 amide bonds. The van der Waals surface area contributed by atoms with Crippen molar-refractivity contribution in [1.82, 2.24) is 5.32 Å². The van der Waals surface area contributed by atoms with Crippen molar-refractivity contribution in [2.75, 3.05) is 0 Å². The van der Waals surface area contributed by atoms with Gasteiger partial charge < -0.3 is 19.6 Å². The molecule has 2 aromatic carbocycles. The number of rotatable bonds is 5. The van der Waals surface area contributed by atoms with E-state index in [0.717, 1.165) is 0 Å². The van der Waals surface area contributed by atoms with Crippen LogP contribution < -0.4 is 10.1 Å². The molecule has 0 aromatic heterocycles. The Bertz CT molecular complexity index is 692. The van der Waals surface area contributed by atoms with E-state index in [1.54, 1.807) is 45.0 Å². The van der Waals surface area contributed by atoms with Crippen LogP contribution in [0.15, 0.2) is 54.6 Å². The van der Waals surface area contributed by atoms with Crippen molar-refractivity contribution < 1.29 is 19.1 Å². The Labute approximate surface area is 141 Å². The Kier molecular flexibility index (Phi) is 5.58. The van der Waals surface area contributed by atoms with Gasteiger partial charge in [0.1, 0.15) is 29.4 Å². The fraction of sp³-hybridized carbons (Fsp3) is 0.263. The zero-order valence-electron chi connectivity index (χ0n) is 14.0. The predicted octanol–water partition coefficient (Wildman–Crippen LogP) is 4.24. The fourth-order valence-corrected chi connectivity index (χ4v) is 2.03. The van der Waals surface area contributed by atoms with Crippen LogP contribution >= 0.6 is 0 Å². The van der Waals surface area contributed by atoms with Crippen molar-refractivity contribution in [3.8, 4) is 11.5 Å². The molecule has 0 fully saturated rings. The molecule has 0 radical (unpaired) electrons. The van der Waals surface area contributed by atoms with Gasteiger partial charge in [-0.2, -0.15) is 0 Å². The van der Waals surface area contributed by atoms with Crippen LogP contribution in [0, 0.1) is 0 Å². The molecule has 24 heavy (non-hydrogen) atoms. The summed E-state index contributed by atoms with van der Waals surface area (Å²) in [5, 5.41) is 2.55. The summed E-state index contributed by atoms with van der Waals surface area (Å²) in [5.74, 6) is 1.27. The number of ether oxygens (including phenoxy) is 2. The van der Waals surface area contributed by atoms with Gasteiger partial charge in [0.05, 0.1) is 0 Å². The van der Waals surface area contributed by atoms with Crippen LogP contribution in [0.3, 0.4) is 0 Å². The number of nitrogens with one attached hydrogen (secondary N) is 1. The zero-order chi connectivity index (χ0) is 17.6. The predicted molar refractivity (Wildman–Crippen MR) is 91.1 cm³/mol. The van der Waals surface area contributed by atoms with Crippen LogP contribution in [0.25, 0.3) is 0 Å². The third-order valence-corrected chi connectivity index (χ3v) is 3.00. The first-order valence-corrected chi connectivity index (χ1v) is 7.65. The number of carbonyl (C=O) groups is 2. The normalized spacial score (nSPS) is 12.1. The highest BCUT2D eigenvalue weighted by Crippen LogP contribution is 2.24. The van der Waals surface area contributed by atoms with Crippen molar-refractivity contribution in [3.63, 3.8) is 0 Å². The molecule has 0 aliphatic heterocycles. The fourth-order valence-electron chi connectivity index (χ4n) is 2.03. The monoisotopic (exact) mass is 327 g/mol. The summed E-state index contributed by atoms with van der Waals surface area (Å²) >= 11 is 0. The van der Waals surface area contributed by atoms with E-state index in [1.165, 1.54) is 0 Å². The highest BCUT2D eigenvalue weighted by atomic mass is 16.6. The van der Waals surface area contributed by atoms with Gasteiger partial charge >= 0.3 is 6.09 Å². The molecular weight excluding hydrogens is 306 g/mol. The number of hydrogen-bond acceptors (Lipinski definition) is 4. The summed E-state index contributed by atoms with van der Waals surface area (Å²) in [7, 11) is 0. The molecule has 5 heteroatoms. The lowest BCUT2D eigenvalue weighted by Crippen LogP contribution is -2.35. The molecule has 0 bridgehead atoms. The lowest BCUT2D eigenvalue weighted by Gasteiger charge is -2.21. The SMILES string of the molecule is CC(C)(C)OC(=O)NC(C=O)c1cccc(Oc2ccccc2)c1. The maximum Gasteiger partial charge on any atom is 0.408 e. The average molecular weight is 327 g/mol. The second-order valence-corrected chi connectivity index (χ2v) is 6.25. The molecular formula is C19H21NO4. The maximum atomic E-state index is 11.9. The molecule has 0 aliphatic rings. The van der Waals surface area contributed by atoms with E-state index in [-0.39, 0.29) is 0 Å². The Hall–Kier alpha value is -2.82. The van der Waals surface area contributed by atoms with E-state index < -0.39 is 17.7 Å². The Morgan fingerprint density at radius 3 is 2.33 bits per heavy atom. The molecule has 0 spiro atoms. The molecule has 2 aromatic rings. The standard InChI is InChI=1S/C19H21NO4/c1-19(2,3)24-18(22)20-17(13-21)14-8-7-11-16(12-14)23-15-9-5-4-6-10-15/h4-13,17H,1-3H3,(H,20,22). The summed E-state index contributed by atoms with van der Waals surface area (Å²) < 4.78 is 10.9. The smallest absolute Gasteiger partial charge is 0.408 e. The number of benzene rings is 2. The second kappa shape index (κ2) is 7.64. The largest absolute Gasteiger partial charge is 0.457 e. The highest BCUT2D eigenvalue weighted by Gasteiger charge is 2.20. The van der Waals surface area contributed by atoms with Crippen LogP contribution in [-0.2, 0) is 9.53 Å². The zero-order valence-corrected chi connectivity index (χ0v) is 14.0. The number of alkyl carbamates (subject to hydrolysis) is 1. The Morgan fingerprint density at radius 1 is 1.04 bits per heavy atom. The van der Waals surface area contributed by atoms with E-state index in [1.807, 2.05) is 30.3 Å². The molecule has 2 rings (SSSR count). The van der Waals surface area contributed by atoms with Crippen molar-refractivity contribution in [2.24, 2.45) is 0 Å². The Balaban J connectivity index is 2.10. The lowest BCUT2D eigenvalue weighted by molar-refractivity contribution is -0.109. The van der Waals surface area contributed by atoms with E-state index in [2.05, 4.69) is 5.32 Å². The molecule has 126 valence electrons. The molecule has 1 N–H and O–H groups in total. The van der Waals surface area contributed by atoms with E-state index in [0.29, 0.717) is 23.3 Å². The molecule has 0 heterocycles. The number of amides is 1. The topological polar surface area (TPSA) is 64.6 Å². The van der Waals surface area contributed by atoms with Crippen LogP contribution in [0.2, 0.25) is 0 Å². The highest BCUT2D eigenvalue weighted by molar-refractivity contribution is 5.74. The van der Waals surface area contributed by atoms with Gasteiger partial charge in [0.2, 0.25) is 0 Å². The maximum absolute atomic E-state index is 11.9. The van der Waals surface area contributed by atoms with E-state index >= 15 is 0 Å². The minimum atomic E-state index is -0.806. The quantitative estimate of drug-likeness (QED) is 0.834. The lowest BCUT2D eigenvalue weighted by atomic mass is 10.1. The van der Waals surface area contributed by atoms with Crippen LogP contribution in [0.5, 0.6) is 11.5 Å². The van der Waals surface area contributed by atoms with Gasteiger partial charge in [0.15, 0.2) is 0 Å². The first-order chi connectivity index (χ1) is 11.4. The van der Waals surface area contributed by atoms with Gasteiger partial charge in [-0.1, -0.05) is 30.3 Å². The third-order valence-electron chi connectivity index (χ3n) is 3.00. The Morgan fingerprint density at radius 2 is 1.71 bits per heavy atom. The van der Waals surface area contributed by atoms with Gasteiger partial charge in [0.25, 0.3) is 0 Å². The molecule has 0 saturated carbocycles. The van der Waals surface area contributed by atoms with Crippen molar-refractivity contribution in [3.05, 3.63) is 60.2 Å². The number of para-hydroxylation sites is 1. The molecule has 1 unspecified atom stereocenters. The van der Waals surface area contributed by atoms with Crippen LogP contribution in [0.4, 0.5) is 4.79 Å². The van der Waals surface area contributed by atoms with Gasteiger partial charge in [-0.25, -0.2) is 4.79 Å². The summed E-state index contributed by atoms with van der Waals surface area (Å²) in [5.41, 5.74) is -0.0141. The first kappa shape index (κ1) is 17.5. The minimum absolute atomic E-state index is 0.580. The summed E-state index contributed by atoms with van der Waals surface area (Å²) in [6.45, 7) is 5.28. The first-order valence-electron chi connectivity index (χ1n) is 7.65. The summed E-state index contributed by atoms with van der Waals surface area (Å²) in [6.07, 6.45) is 0.0138. The number of aldehydes is 1. The molecule has 5 nitrogen and oxygen atoms in total. The van der Waals surface area contributed by atoms with Crippen molar-refractivity contribution in [2.45, 2.75) is 32.4 Å². The second-order valence-electron chi connectivity index (χ2n) is 6.25. The summed E-state index contributed by atoms with van der Waals surface area (Å²) in [4.78, 5) is 23.2. The molecule has 0 saturated heterocycles. The number of hydrogen-bond donors (Lipinski definition) is 1. The van der Waals surface area contributed by atoms with Crippen molar-refractivity contribution >= 4 is 12.4 Å². The van der Waals surface area contributed by atoms with Gasteiger partial charge in [0, 0.05) is 0 Å². The van der Waals surface area contributed by atoms with E-state index in [9.17, 15) is 9.59 Å². The van der Waals surface area contributed by atoms with Gasteiger partial charge in [-0.15, -0.1) is 0 Å². The van der Waals surface area contributed by atoms with Gasteiger partial charge in [-0.3, -0.25) is 0 Å². The third kappa shape index (κ3) is 5.43. The van der Waals surface area contributed by atoms with Crippen molar-refractivity contribution in [1.29, 1.82) is 0 Å². The van der Waals surface area contributed by atoms with Crippen LogP contribution in [0.1, 0.15) is 32.4 Å².